The Labute approximate surface area is 234 Å². The summed E-state index contributed by atoms with van der Waals surface area (Å²) in [5.74, 6) is -1.12. The van der Waals surface area contributed by atoms with Crippen LogP contribution in [0.25, 0.3) is 0 Å². The number of amides is 2. The number of fused-ring (bicyclic) bond motifs is 1. The van der Waals surface area contributed by atoms with Crippen LogP contribution in [0, 0.1) is 0 Å². The molecule has 39 heavy (non-hydrogen) atoms. The minimum Gasteiger partial charge on any atom is -0.462 e. The molecule has 0 aliphatic carbocycles. The lowest BCUT2D eigenvalue weighted by molar-refractivity contribution is 0.0526. The van der Waals surface area contributed by atoms with Crippen molar-refractivity contribution in [3.05, 3.63) is 75.1 Å². The van der Waals surface area contributed by atoms with Crippen LogP contribution in [0.4, 0.5) is 15.5 Å². The molecule has 0 fully saturated rings. The summed E-state index contributed by atoms with van der Waals surface area (Å²) in [6, 6.07) is 11.7. The maximum atomic E-state index is 13.2. The molecule has 1 aliphatic heterocycles. The predicted molar refractivity (Wildman–Crippen MR) is 148 cm³/mol. The topological polar surface area (TPSA) is 131 Å². The third kappa shape index (κ3) is 6.52. The van der Waals surface area contributed by atoms with Gasteiger partial charge < -0.3 is 19.7 Å². The predicted octanol–water partition coefficient (Wildman–Crippen LogP) is 5.15. The monoisotopic (exact) mass is 591 g/mol. The zero-order chi connectivity index (χ0) is 28.2. The first kappa shape index (κ1) is 28.4. The van der Waals surface area contributed by atoms with Gasteiger partial charge in [-0.2, -0.15) is 0 Å². The first-order valence-electron chi connectivity index (χ1n) is 12.1. The highest BCUT2D eigenvalue weighted by atomic mass is 35.5. The third-order valence-corrected chi connectivity index (χ3v) is 8.57. The van der Waals surface area contributed by atoms with Crippen molar-refractivity contribution in [3.8, 4) is 0 Å². The second kappa shape index (κ2) is 12.1. The number of benzene rings is 2. The smallest absolute Gasteiger partial charge is 0.410 e. The first-order chi connectivity index (χ1) is 18.6. The highest BCUT2D eigenvalue weighted by molar-refractivity contribution is 7.92. The standard InChI is InChI=1S/C26H26ClN3O7S2/c1-3-36-25(32)22-20-12-13-30(26(33)37-4-2)15-21(20)38-24(22)28-23(31)16-6-5-7-18(14-16)29-39(34,35)19-10-8-17(27)9-11-19/h5-11,14,29H,3-4,12-13,15H2,1-2H3,(H,28,31). The molecule has 0 spiro atoms. The van der Waals surface area contributed by atoms with Gasteiger partial charge in [0.25, 0.3) is 15.9 Å². The fraction of sp³-hybridized carbons (Fsp3) is 0.269. The fourth-order valence-electron chi connectivity index (χ4n) is 4.01. The van der Waals surface area contributed by atoms with E-state index in [0.29, 0.717) is 23.0 Å². The van der Waals surface area contributed by atoms with Gasteiger partial charge in [-0.1, -0.05) is 17.7 Å². The van der Waals surface area contributed by atoms with E-state index in [0.717, 1.165) is 10.4 Å². The Morgan fingerprint density at radius 3 is 2.46 bits per heavy atom. The highest BCUT2D eigenvalue weighted by Crippen LogP contribution is 2.38. The van der Waals surface area contributed by atoms with Gasteiger partial charge in [0.2, 0.25) is 0 Å². The molecule has 2 amide bonds. The van der Waals surface area contributed by atoms with Crippen molar-refractivity contribution in [3.63, 3.8) is 0 Å². The number of nitrogens with zero attached hydrogens (tertiary/aromatic N) is 1. The van der Waals surface area contributed by atoms with E-state index in [-0.39, 0.29) is 41.5 Å². The number of ether oxygens (including phenoxy) is 2. The van der Waals surface area contributed by atoms with Gasteiger partial charge in [0.1, 0.15) is 5.00 Å². The Bertz CT molecular complexity index is 1500. The van der Waals surface area contributed by atoms with Gasteiger partial charge in [0.05, 0.1) is 30.2 Å². The molecule has 4 rings (SSSR count). The second-order valence-electron chi connectivity index (χ2n) is 8.39. The Morgan fingerprint density at radius 2 is 1.77 bits per heavy atom. The summed E-state index contributed by atoms with van der Waals surface area (Å²) < 4.78 is 38.3. The largest absolute Gasteiger partial charge is 0.462 e. The Kier molecular flexibility index (Phi) is 8.78. The molecule has 0 radical (unpaired) electrons. The molecule has 1 aromatic heterocycles. The lowest BCUT2D eigenvalue weighted by Gasteiger charge is -2.26. The average Bonchev–Trinajstić information content (AvgIpc) is 3.26. The van der Waals surface area contributed by atoms with Crippen LogP contribution in [0.2, 0.25) is 5.02 Å². The minimum absolute atomic E-state index is 0.0156. The molecule has 2 N–H and O–H groups in total. The SMILES string of the molecule is CCOC(=O)c1c(NC(=O)c2cccc(NS(=O)(=O)c3ccc(Cl)cc3)c2)sc2c1CCN(C(=O)OCC)C2. The van der Waals surface area contributed by atoms with E-state index < -0.39 is 28.0 Å². The molecule has 3 aromatic rings. The summed E-state index contributed by atoms with van der Waals surface area (Å²) >= 11 is 7.03. The summed E-state index contributed by atoms with van der Waals surface area (Å²) in [7, 11) is -3.92. The second-order valence-corrected chi connectivity index (χ2v) is 11.6. The van der Waals surface area contributed by atoms with Gasteiger partial charge in [0, 0.05) is 27.7 Å². The Morgan fingerprint density at radius 1 is 1.05 bits per heavy atom. The molecule has 0 atom stereocenters. The number of anilines is 2. The van der Waals surface area contributed by atoms with Crippen LogP contribution in [0.3, 0.4) is 0 Å². The maximum Gasteiger partial charge on any atom is 0.410 e. The number of nitrogens with one attached hydrogen (secondary N) is 2. The fourth-order valence-corrected chi connectivity index (χ4v) is 6.43. The number of thiophene rings is 1. The summed E-state index contributed by atoms with van der Waals surface area (Å²) in [6.45, 7) is 4.41. The number of halogens is 1. The van der Waals surface area contributed by atoms with Crippen molar-refractivity contribution < 1.29 is 32.3 Å². The van der Waals surface area contributed by atoms with Crippen molar-refractivity contribution >= 4 is 61.6 Å². The molecular formula is C26H26ClN3O7S2. The molecule has 2 heterocycles. The van der Waals surface area contributed by atoms with E-state index in [1.165, 1.54) is 59.9 Å². The zero-order valence-corrected chi connectivity index (χ0v) is 23.5. The van der Waals surface area contributed by atoms with E-state index in [9.17, 15) is 22.8 Å². The van der Waals surface area contributed by atoms with Crippen LogP contribution in [-0.4, -0.2) is 51.0 Å². The third-order valence-electron chi connectivity index (χ3n) is 5.79. The molecular weight excluding hydrogens is 566 g/mol. The average molecular weight is 592 g/mol. The van der Waals surface area contributed by atoms with Crippen LogP contribution in [0.5, 0.6) is 0 Å². The Hall–Kier alpha value is -3.61. The summed E-state index contributed by atoms with van der Waals surface area (Å²) in [6.07, 6.45) is -0.0472. The highest BCUT2D eigenvalue weighted by Gasteiger charge is 2.31. The number of hydrogen-bond donors (Lipinski definition) is 2. The molecule has 0 saturated carbocycles. The van der Waals surface area contributed by atoms with Crippen molar-refractivity contribution in [1.29, 1.82) is 0 Å². The van der Waals surface area contributed by atoms with E-state index in [2.05, 4.69) is 10.0 Å². The van der Waals surface area contributed by atoms with E-state index in [1.54, 1.807) is 18.7 Å². The van der Waals surface area contributed by atoms with E-state index in [1.807, 2.05) is 0 Å². The van der Waals surface area contributed by atoms with Crippen molar-refractivity contribution in [2.45, 2.75) is 31.7 Å². The van der Waals surface area contributed by atoms with Crippen molar-refractivity contribution in [2.75, 3.05) is 29.8 Å². The first-order valence-corrected chi connectivity index (χ1v) is 14.7. The van der Waals surface area contributed by atoms with Crippen LogP contribution in [0.1, 0.15) is 45.0 Å². The summed E-state index contributed by atoms with van der Waals surface area (Å²) in [5.41, 5.74) is 1.33. The van der Waals surface area contributed by atoms with Gasteiger partial charge >= 0.3 is 12.1 Å². The Balaban J connectivity index is 1.57. The molecule has 13 heteroatoms. The number of carbonyl (C=O) groups is 3. The number of hydrogen-bond acceptors (Lipinski definition) is 8. The van der Waals surface area contributed by atoms with Gasteiger partial charge in [-0.25, -0.2) is 18.0 Å². The quantitative estimate of drug-likeness (QED) is 0.346. The van der Waals surface area contributed by atoms with E-state index >= 15 is 0 Å². The zero-order valence-electron chi connectivity index (χ0n) is 21.2. The maximum absolute atomic E-state index is 13.2. The number of sulfonamides is 1. The molecule has 1 aliphatic rings. The van der Waals surface area contributed by atoms with Crippen LogP contribution < -0.4 is 10.0 Å². The van der Waals surface area contributed by atoms with E-state index in [4.69, 9.17) is 21.1 Å². The van der Waals surface area contributed by atoms with Gasteiger partial charge in [0.15, 0.2) is 0 Å². The van der Waals surface area contributed by atoms with Crippen molar-refractivity contribution in [1.82, 2.24) is 4.90 Å². The minimum atomic E-state index is -3.92. The summed E-state index contributed by atoms with van der Waals surface area (Å²) in [5, 5.41) is 3.47. The van der Waals surface area contributed by atoms with Gasteiger partial charge in [-0.05, 0) is 68.3 Å². The van der Waals surface area contributed by atoms with Crippen LogP contribution in [-0.2, 0) is 32.5 Å². The van der Waals surface area contributed by atoms with Gasteiger partial charge in [-0.3, -0.25) is 9.52 Å². The van der Waals surface area contributed by atoms with Crippen LogP contribution >= 0.6 is 22.9 Å². The normalized spacial score (nSPS) is 12.8. The molecule has 2 aromatic carbocycles. The van der Waals surface area contributed by atoms with Crippen molar-refractivity contribution in [2.24, 2.45) is 0 Å². The molecule has 0 unspecified atom stereocenters. The molecule has 0 bridgehead atoms. The number of rotatable bonds is 8. The number of esters is 1. The molecule has 0 saturated heterocycles. The lowest BCUT2D eigenvalue weighted by atomic mass is 10.0. The lowest BCUT2D eigenvalue weighted by Crippen LogP contribution is -2.36. The number of carbonyl (C=O) groups excluding carboxylic acids is 3. The van der Waals surface area contributed by atoms with Gasteiger partial charge in [-0.15, -0.1) is 11.3 Å². The molecule has 10 nitrogen and oxygen atoms in total. The summed E-state index contributed by atoms with van der Waals surface area (Å²) in [4.78, 5) is 40.6. The molecule has 206 valence electrons. The van der Waals surface area contributed by atoms with Crippen LogP contribution in [0.15, 0.2) is 53.4 Å².